The number of halogens is 4. The van der Waals surface area contributed by atoms with Gasteiger partial charge in [0.2, 0.25) is 5.91 Å². The van der Waals surface area contributed by atoms with Gasteiger partial charge in [0.15, 0.2) is 11.0 Å². The van der Waals surface area contributed by atoms with Crippen LogP contribution >= 0.6 is 23.4 Å². The Morgan fingerprint density at radius 1 is 1.27 bits per heavy atom. The Kier molecular flexibility index (Phi) is 7.43. The Balaban J connectivity index is 1.58. The van der Waals surface area contributed by atoms with E-state index in [1.165, 1.54) is 28.8 Å². The van der Waals surface area contributed by atoms with E-state index in [9.17, 15) is 28.1 Å². The SMILES string of the molecule is Cn1c(COc2cccc(C(F)(F)F)c2)nnc1SCC(=O)Nc1cc([N+](=O)[O-])ccc1Cl. The van der Waals surface area contributed by atoms with Crippen molar-refractivity contribution in [3.05, 3.63) is 69.0 Å². The minimum absolute atomic E-state index is 0.0234. The van der Waals surface area contributed by atoms with E-state index < -0.39 is 22.6 Å². The van der Waals surface area contributed by atoms with Crippen LogP contribution in [0.2, 0.25) is 5.02 Å². The maximum atomic E-state index is 12.8. The first-order chi connectivity index (χ1) is 15.5. The minimum atomic E-state index is -4.48. The Morgan fingerprint density at radius 3 is 2.73 bits per heavy atom. The van der Waals surface area contributed by atoms with Crippen molar-refractivity contribution in [3.63, 3.8) is 0 Å². The molecule has 0 aliphatic carbocycles. The molecule has 0 fully saturated rings. The number of anilines is 1. The Hall–Kier alpha value is -3.32. The van der Waals surface area contributed by atoms with Gasteiger partial charge in [-0.05, 0) is 24.3 Å². The van der Waals surface area contributed by atoms with E-state index in [2.05, 4.69) is 15.5 Å². The number of ether oxygens (including phenoxy) is 1. The number of aromatic nitrogens is 3. The summed E-state index contributed by atoms with van der Waals surface area (Å²) in [4.78, 5) is 22.5. The highest BCUT2D eigenvalue weighted by Gasteiger charge is 2.30. The van der Waals surface area contributed by atoms with E-state index >= 15 is 0 Å². The summed E-state index contributed by atoms with van der Waals surface area (Å²) in [6.45, 7) is -0.138. The number of nitro benzene ring substituents is 1. The van der Waals surface area contributed by atoms with Crippen molar-refractivity contribution in [2.24, 2.45) is 7.05 Å². The number of hydrogen-bond donors (Lipinski definition) is 1. The third kappa shape index (κ3) is 6.35. The van der Waals surface area contributed by atoms with Gasteiger partial charge in [-0.15, -0.1) is 10.2 Å². The fourth-order valence-corrected chi connectivity index (χ4v) is 3.44. The summed E-state index contributed by atoms with van der Waals surface area (Å²) in [6, 6.07) is 8.13. The largest absolute Gasteiger partial charge is 0.486 e. The highest BCUT2D eigenvalue weighted by molar-refractivity contribution is 7.99. The summed E-state index contributed by atoms with van der Waals surface area (Å²) >= 11 is 7.00. The summed E-state index contributed by atoms with van der Waals surface area (Å²) in [5.41, 5.74) is -0.949. The third-order valence-corrected chi connectivity index (χ3v) is 5.57. The number of non-ortho nitro benzene ring substituents is 1. The van der Waals surface area contributed by atoms with Gasteiger partial charge < -0.3 is 14.6 Å². The van der Waals surface area contributed by atoms with E-state index in [0.717, 1.165) is 30.0 Å². The standard InChI is InChI=1S/C19H15ClF3N5O4S/c1-27-16(9-32-13-4-2-3-11(7-13)19(21,22)23)25-26-18(27)33-10-17(29)24-15-8-12(28(30)31)5-6-14(15)20/h2-8H,9-10H2,1H3,(H,24,29). The smallest absolute Gasteiger partial charge is 0.416 e. The van der Waals surface area contributed by atoms with E-state index in [1.54, 1.807) is 7.05 Å². The fourth-order valence-electron chi connectivity index (χ4n) is 2.55. The van der Waals surface area contributed by atoms with Crippen LogP contribution in [-0.2, 0) is 24.6 Å². The van der Waals surface area contributed by atoms with Crippen molar-refractivity contribution >= 4 is 40.6 Å². The molecular formula is C19H15ClF3N5O4S. The molecule has 3 rings (SSSR count). The van der Waals surface area contributed by atoms with Crippen LogP contribution in [0.3, 0.4) is 0 Å². The molecule has 1 amide bonds. The molecule has 0 bridgehead atoms. The number of carbonyl (C=O) groups excluding carboxylic acids is 1. The van der Waals surface area contributed by atoms with Gasteiger partial charge in [-0.1, -0.05) is 29.4 Å². The van der Waals surface area contributed by atoms with Crippen molar-refractivity contribution in [1.29, 1.82) is 0 Å². The third-order valence-electron chi connectivity index (χ3n) is 4.22. The zero-order valence-corrected chi connectivity index (χ0v) is 18.4. The lowest BCUT2D eigenvalue weighted by Gasteiger charge is -2.10. The van der Waals surface area contributed by atoms with Crippen LogP contribution in [0.5, 0.6) is 5.75 Å². The lowest BCUT2D eigenvalue weighted by atomic mass is 10.2. The zero-order chi connectivity index (χ0) is 24.2. The van der Waals surface area contributed by atoms with Crippen LogP contribution in [0.15, 0.2) is 47.6 Å². The molecule has 1 N–H and O–H groups in total. The molecule has 0 radical (unpaired) electrons. The number of hydrogen-bond acceptors (Lipinski definition) is 7. The quantitative estimate of drug-likeness (QED) is 0.270. The second kappa shape index (κ2) is 10.1. The molecule has 0 unspecified atom stereocenters. The average molecular weight is 502 g/mol. The van der Waals surface area contributed by atoms with Gasteiger partial charge in [-0.2, -0.15) is 13.2 Å². The summed E-state index contributed by atoms with van der Waals surface area (Å²) in [7, 11) is 1.61. The molecule has 0 saturated heterocycles. The first-order valence-electron chi connectivity index (χ1n) is 9.09. The van der Waals surface area contributed by atoms with Crippen molar-refractivity contribution in [2.75, 3.05) is 11.1 Å². The molecule has 3 aromatic rings. The number of thioether (sulfide) groups is 1. The molecule has 0 aliphatic heterocycles. The number of amides is 1. The second-order valence-corrected chi connectivity index (χ2v) is 7.88. The summed E-state index contributed by atoms with van der Waals surface area (Å²) in [5, 5.41) is 21.7. The fraction of sp³-hybridized carbons (Fsp3) is 0.211. The van der Waals surface area contributed by atoms with Crippen molar-refractivity contribution < 1.29 is 27.6 Å². The van der Waals surface area contributed by atoms with Gasteiger partial charge in [0.1, 0.15) is 12.4 Å². The maximum Gasteiger partial charge on any atom is 0.416 e. The van der Waals surface area contributed by atoms with E-state index in [1.807, 2.05) is 0 Å². The molecule has 33 heavy (non-hydrogen) atoms. The summed E-state index contributed by atoms with van der Waals surface area (Å²) < 4.78 is 45.3. The molecule has 14 heteroatoms. The number of alkyl halides is 3. The lowest BCUT2D eigenvalue weighted by molar-refractivity contribution is -0.384. The van der Waals surface area contributed by atoms with Gasteiger partial charge in [0, 0.05) is 19.2 Å². The van der Waals surface area contributed by atoms with Crippen LogP contribution in [0.25, 0.3) is 0 Å². The number of nitro groups is 1. The number of benzene rings is 2. The van der Waals surface area contributed by atoms with Gasteiger partial charge in [0.05, 0.1) is 26.9 Å². The maximum absolute atomic E-state index is 12.8. The van der Waals surface area contributed by atoms with Gasteiger partial charge in [-0.25, -0.2) is 0 Å². The van der Waals surface area contributed by atoms with Crippen LogP contribution in [-0.4, -0.2) is 31.3 Å². The van der Waals surface area contributed by atoms with E-state index in [4.69, 9.17) is 16.3 Å². The molecule has 1 heterocycles. The normalized spacial score (nSPS) is 11.3. The molecule has 0 atom stereocenters. The van der Waals surface area contributed by atoms with E-state index in [-0.39, 0.29) is 34.5 Å². The van der Waals surface area contributed by atoms with Crippen LogP contribution < -0.4 is 10.1 Å². The predicted octanol–water partition coefficient (Wildman–Crippen LogP) is 4.71. The van der Waals surface area contributed by atoms with Crippen molar-refractivity contribution in [3.8, 4) is 5.75 Å². The highest BCUT2D eigenvalue weighted by Crippen LogP contribution is 2.31. The summed E-state index contributed by atoms with van der Waals surface area (Å²) in [5.74, 6) is -0.223. The average Bonchev–Trinajstić information content (AvgIpc) is 3.11. The van der Waals surface area contributed by atoms with Crippen molar-refractivity contribution in [2.45, 2.75) is 17.9 Å². The number of carbonyl (C=O) groups is 1. The first-order valence-corrected chi connectivity index (χ1v) is 10.5. The first kappa shape index (κ1) is 24.3. The molecule has 9 nitrogen and oxygen atoms in total. The van der Waals surface area contributed by atoms with Gasteiger partial charge in [0.25, 0.3) is 5.69 Å². The zero-order valence-electron chi connectivity index (χ0n) is 16.8. The van der Waals surface area contributed by atoms with E-state index in [0.29, 0.717) is 11.0 Å². The lowest BCUT2D eigenvalue weighted by Crippen LogP contribution is -2.15. The van der Waals surface area contributed by atoms with Crippen LogP contribution in [0, 0.1) is 10.1 Å². The molecule has 0 saturated carbocycles. The Morgan fingerprint density at radius 2 is 2.03 bits per heavy atom. The topological polar surface area (TPSA) is 112 Å². The number of rotatable bonds is 8. The molecule has 2 aromatic carbocycles. The van der Waals surface area contributed by atoms with Crippen LogP contribution in [0.4, 0.5) is 24.5 Å². The summed E-state index contributed by atoms with van der Waals surface area (Å²) in [6.07, 6.45) is -4.48. The van der Waals surface area contributed by atoms with Crippen molar-refractivity contribution in [1.82, 2.24) is 14.8 Å². The van der Waals surface area contributed by atoms with Gasteiger partial charge >= 0.3 is 6.18 Å². The molecule has 0 aliphatic rings. The molecular weight excluding hydrogens is 487 g/mol. The molecule has 1 aromatic heterocycles. The van der Waals surface area contributed by atoms with Crippen LogP contribution in [0.1, 0.15) is 11.4 Å². The highest BCUT2D eigenvalue weighted by atomic mass is 35.5. The number of nitrogens with one attached hydrogen (secondary N) is 1. The number of nitrogens with zero attached hydrogens (tertiary/aromatic N) is 4. The Labute approximate surface area is 194 Å². The minimum Gasteiger partial charge on any atom is -0.486 e. The second-order valence-electron chi connectivity index (χ2n) is 6.53. The monoisotopic (exact) mass is 501 g/mol. The van der Waals surface area contributed by atoms with Gasteiger partial charge in [-0.3, -0.25) is 14.9 Å². The molecule has 174 valence electrons. The molecule has 0 spiro atoms. The predicted molar refractivity (Wildman–Crippen MR) is 114 cm³/mol. The Bertz CT molecular complexity index is 1190.